The molecule has 0 aliphatic carbocycles. The molecule has 0 saturated carbocycles. The Morgan fingerprint density at radius 1 is 1.19 bits per heavy atom. The second-order valence-corrected chi connectivity index (χ2v) is 6.61. The lowest BCUT2D eigenvalue weighted by Gasteiger charge is -2.25. The van der Waals surface area contributed by atoms with Crippen molar-refractivity contribution < 1.29 is 0 Å². The molecule has 0 fully saturated rings. The number of hydrogen-bond donors (Lipinski definition) is 1. The standard InChI is InChI=1S/C21H21N5S/c1-15-20(16(2)26(24-15)19-10-5-4-6-11-19)25(21(27)23-3)14-18-9-7-8-17(12-18)13-22/h4-12H,14H2,1-3H3,(H,23,27). The maximum absolute atomic E-state index is 9.17. The molecule has 0 amide bonds. The summed E-state index contributed by atoms with van der Waals surface area (Å²) in [6.07, 6.45) is 0. The highest BCUT2D eigenvalue weighted by Gasteiger charge is 2.22. The summed E-state index contributed by atoms with van der Waals surface area (Å²) in [4.78, 5) is 2.03. The van der Waals surface area contributed by atoms with E-state index in [2.05, 4.69) is 11.4 Å². The minimum atomic E-state index is 0.553. The first-order chi connectivity index (χ1) is 13.0. The zero-order chi connectivity index (χ0) is 19.4. The number of aryl methyl sites for hydroxylation is 1. The quantitative estimate of drug-likeness (QED) is 0.702. The van der Waals surface area contributed by atoms with Crippen molar-refractivity contribution in [3.8, 4) is 11.8 Å². The van der Waals surface area contributed by atoms with Crippen molar-refractivity contribution in [1.29, 1.82) is 5.26 Å². The average Bonchev–Trinajstić information content (AvgIpc) is 3.00. The minimum absolute atomic E-state index is 0.553. The Hall–Kier alpha value is -3.17. The highest BCUT2D eigenvalue weighted by atomic mass is 32.1. The van der Waals surface area contributed by atoms with Crippen LogP contribution in [0.2, 0.25) is 0 Å². The molecule has 0 spiro atoms. The molecule has 27 heavy (non-hydrogen) atoms. The van der Waals surface area contributed by atoms with Crippen LogP contribution in [-0.4, -0.2) is 21.9 Å². The summed E-state index contributed by atoms with van der Waals surface area (Å²) in [6.45, 7) is 4.58. The van der Waals surface area contributed by atoms with Gasteiger partial charge in [0.1, 0.15) is 0 Å². The maximum atomic E-state index is 9.17. The summed E-state index contributed by atoms with van der Waals surface area (Å²) in [5.74, 6) is 0. The molecule has 3 rings (SSSR count). The molecular formula is C21H21N5S. The second-order valence-electron chi connectivity index (χ2n) is 6.22. The van der Waals surface area contributed by atoms with Gasteiger partial charge in [-0.2, -0.15) is 10.4 Å². The average molecular weight is 376 g/mol. The fourth-order valence-electron chi connectivity index (χ4n) is 3.15. The van der Waals surface area contributed by atoms with E-state index in [1.165, 1.54) is 0 Å². The first-order valence-electron chi connectivity index (χ1n) is 8.65. The van der Waals surface area contributed by atoms with Crippen molar-refractivity contribution in [2.75, 3.05) is 11.9 Å². The summed E-state index contributed by atoms with van der Waals surface area (Å²) in [7, 11) is 1.81. The van der Waals surface area contributed by atoms with E-state index in [1.807, 2.05) is 79.0 Å². The van der Waals surface area contributed by atoms with Gasteiger partial charge in [0.15, 0.2) is 5.11 Å². The van der Waals surface area contributed by atoms with Gasteiger partial charge in [-0.3, -0.25) is 0 Å². The van der Waals surface area contributed by atoms with Crippen LogP contribution < -0.4 is 10.2 Å². The number of nitrogens with one attached hydrogen (secondary N) is 1. The van der Waals surface area contributed by atoms with Crippen LogP contribution in [0, 0.1) is 25.2 Å². The van der Waals surface area contributed by atoms with Gasteiger partial charge in [0.2, 0.25) is 0 Å². The predicted octanol–water partition coefficient (Wildman–Crippen LogP) is 3.87. The number of nitriles is 1. The monoisotopic (exact) mass is 375 g/mol. The summed E-state index contributed by atoms with van der Waals surface area (Å²) < 4.78 is 1.93. The lowest BCUT2D eigenvalue weighted by atomic mass is 10.1. The lowest BCUT2D eigenvalue weighted by molar-refractivity contribution is 0.833. The Morgan fingerprint density at radius 3 is 2.59 bits per heavy atom. The van der Waals surface area contributed by atoms with E-state index in [0.717, 1.165) is 28.3 Å². The zero-order valence-corrected chi connectivity index (χ0v) is 16.4. The molecule has 5 nitrogen and oxygen atoms in total. The third-order valence-electron chi connectivity index (χ3n) is 4.38. The molecule has 6 heteroatoms. The van der Waals surface area contributed by atoms with Gasteiger partial charge in [-0.05, 0) is 55.9 Å². The van der Waals surface area contributed by atoms with Crippen molar-refractivity contribution in [2.45, 2.75) is 20.4 Å². The first-order valence-corrected chi connectivity index (χ1v) is 9.06. The van der Waals surface area contributed by atoms with Crippen LogP contribution in [0.1, 0.15) is 22.5 Å². The fourth-order valence-corrected chi connectivity index (χ4v) is 3.31. The number of aromatic nitrogens is 2. The SMILES string of the molecule is CNC(=S)N(Cc1cccc(C#N)c1)c1c(C)nn(-c2ccccc2)c1C. The van der Waals surface area contributed by atoms with Crippen LogP contribution in [0.4, 0.5) is 5.69 Å². The van der Waals surface area contributed by atoms with Gasteiger partial charge in [-0.1, -0.05) is 30.3 Å². The smallest absolute Gasteiger partial charge is 0.173 e. The summed E-state index contributed by atoms with van der Waals surface area (Å²) >= 11 is 5.58. The van der Waals surface area contributed by atoms with Gasteiger partial charge in [-0.15, -0.1) is 0 Å². The number of nitrogens with zero attached hydrogens (tertiary/aromatic N) is 4. The Balaban J connectivity index is 2.05. The Bertz CT molecular complexity index is 1000. The zero-order valence-electron chi connectivity index (χ0n) is 15.6. The van der Waals surface area contributed by atoms with Gasteiger partial charge in [-0.25, -0.2) is 4.68 Å². The molecule has 136 valence electrons. The molecule has 0 aliphatic rings. The van der Waals surface area contributed by atoms with E-state index in [-0.39, 0.29) is 0 Å². The Kier molecular flexibility index (Phi) is 5.53. The van der Waals surface area contributed by atoms with E-state index in [9.17, 15) is 5.26 Å². The maximum Gasteiger partial charge on any atom is 0.173 e. The molecule has 0 saturated heterocycles. The molecule has 0 radical (unpaired) electrons. The molecule has 0 bridgehead atoms. The van der Waals surface area contributed by atoms with Crippen molar-refractivity contribution in [1.82, 2.24) is 15.1 Å². The number of anilines is 1. The molecule has 0 unspecified atom stereocenters. The number of thiocarbonyl (C=S) groups is 1. The molecule has 1 aromatic heterocycles. The topological polar surface area (TPSA) is 56.9 Å². The van der Waals surface area contributed by atoms with Crippen molar-refractivity contribution in [3.05, 3.63) is 77.1 Å². The van der Waals surface area contributed by atoms with Crippen molar-refractivity contribution in [3.63, 3.8) is 0 Å². The minimum Gasteiger partial charge on any atom is -0.365 e. The molecule has 1 heterocycles. The van der Waals surface area contributed by atoms with Crippen molar-refractivity contribution in [2.24, 2.45) is 0 Å². The van der Waals surface area contributed by atoms with Gasteiger partial charge in [0.05, 0.1) is 40.9 Å². The van der Waals surface area contributed by atoms with Gasteiger partial charge >= 0.3 is 0 Å². The second kappa shape index (κ2) is 8.02. The van der Waals surface area contributed by atoms with E-state index >= 15 is 0 Å². The van der Waals surface area contributed by atoms with E-state index < -0.39 is 0 Å². The van der Waals surface area contributed by atoms with E-state index in [1.54, 1.807) is 6.07 Å². The number of rotatable bonds is 4. The first kappa shape index (κ1) is 18.6. The highest BCUT2D eigenvalue weighted by Crippen LogP contribution is 2.28. The van der Waals surface area contributed by atoms with Crippen LogP contribution in [-0.2, 0) is 6.54 Å². The predicted molar refractivity (Wildman–Crippen MR) is 112 cm³/mol. The van der Waals surface area contributed by atoms with Crippen LogP contribution in [0.25, 0.3) is 5.69 Å². The molecule has 2 aromatic carbocycles. The normalized spacial score (nSPS) is 10.3. The molecule has 1 N–H and O–H groups in total. The molecular weight excluding hydrogens is 354 g/mol. The lowest BCUT2D eigenvalue weighted by Crippen LogP contribution is -2.38. The van der Waals surface area contributed by atoms with Crippen LogP contribution in [0.15, 0.2) is 54.6 Å². The fraction of sp³-hybridized carbons (Fsp3) is 0.190. The third kappa shape index (κ3) is 3.83. The third-order valence-corrected chi connectivity index (χ3v) is 4.80. The number of para-hydroxylation sites is 1. The molecule has 0 atom stereocenters. The molecule has 3 aromatic rings. The Labute approximate surface area is 164 Å². The summed E-state index contributed by atoms with van der Waals surface area (Å²) in [5.41, 5.74) is 5.53. The largest absolute Gasteiger partial charge is 0.365 e. The summed E-state index contributed by atoms with van der Waals surface area (Å²) in [6, 6.07) is 19.8. The summed E-state index contributed by atoms with van der Waals surface area (Å²) in [5, 5.41) is 17.6. The highest BCUT2D eigenvalue weighted by molar-refractivity contribution is 7.80. The van der Waals surface area contributed by atoms with Gasteiger partial charge in [0, 0.05) is 7.05 Å². The van der Waals surface area contributed by atoms with E-state index in [0.29, 0.717) is 17.2 Å². The number of benzene rings is 2. The van der Waals surface area contributed by atoms with Gasteiger partial charge < -0.3 is 10.2 Å². The van der Waals surface area contributed by atoms with Gasteiger partial charge in [0.25, 0.3) is 0 Å². The Morgan fingerprint density at radius 2 is 1.93 bits per heavy atom. The van der Waals surface area contributed by atoms with E-state index in [4.69, 9.17) is 17.3 Å². The number of hydrogen-bond acceptors (Lipinski definition) is 3. The van der Waals surface area contributed by atoms with Crippen molar-refractivity contribution >= 4 is 23.0 Å². The van der Waals surface area contributed by atoms with Crippen LogP contribution >= 0.6 is 12.2 Å². The molecule has 0 aliphatic heterocycles. The van der Waals surface area contributed by atoms with Crippen LogP contribution in [0.5, 0.6) is 0 Å². The van der Waals surface area contributed by atoms with Crippen LogP contribution in [0.3, 0.4) is 0 Å².